The molecule has 2 unspecified atom stereocenters. The maximum absolute atomic E-state index is 9.06. The van der Waals surface area contributed by atoms with Crippen molar-refractivity contribution in [2.24, 2.45) is 11.7 Å². The summed E-state index contributed by atoms with van der Waals surface area (Å²) < 4.78 is 5.12. The van der Waals surface area contributed by atoms with Gasteiger partial charge in [-0.3, -0.25) is 0 Å². The summed E-state index contributed by atoms with van der Waals surface area (Å²) >= 11 is 1.97. The molecule has 1 heterocycles. The predicted octanol–water partition coefficient (Wildman–Crippen LogP) is 1.53. The van der Waals surface area contributed by atoms with E-state index in [0.717, 1.165) is 44.6 Å². The quantitative estimate of drug-likeness (QED) is 0.789. The molecule has 15 heavy (non-hydrogen) atoms. The van der Waals surface area contributed by atoms with Crippen LogP contribution in [0.1, 0.15) is 25.7 Å². The molecule has 4 heteroatoms. The summed E-state index contributed by atoms with van der Waals surface area (Å²) in [7, 11) is 0. The summed E-state index contributed by atoms with van der Waals surface area (Å²) in [5.41, 5.74) is 5.54. The molecule has 3 nitrogen and oxygen atoms in total. The summed E-state index contributed by atoms with van der Waals surface area (Å²) in [6.07, 6.45) is 4.22. The van der Waals surface area contributed by atoms with Gasteiger partial charge >= 0.3 is 0 Å². The van der Waals surface area contributed by atoms with Crippen molar-refractivity contribution in [2.75, 3.05) is 19.0 Å². The van der Waals surface area contributed by atoms with Crippen molar-refractivity contribution in [3.8, 4) is 6.07 Å². The van der Waals surface area contributed by atoms with Crippen molar-refractivity contribution in [3.63, 3.8) is 0 Å². The Morgan fingerprint density at radius 3 is 2.93 bits per heavy atom. The maximum atomic E-state index is 9.06. The van der Waals surface area contributed by atoms with Crippen molar-refractivity contribution in [1.29, 1.82) is 5.26 Å². The van der Waals surface area contributed by atoms with Crippen LogP contribution in [0.4, 0.5) is 0 Å². The molecule has 0 bridgehead atoms. The van der Waals surface area contributed by atoms with Crippen LogP contribution in [0.15, 0.2) is 0 Å². The van der Waals surface area contributed by atoms with Crippen LogP contribution in [0.5, 0.6) is 0 Å². The second kappa shape index (κ2) is 4.73. The molecule has 0 aromatic rings. The zero-order chi connectivity index (χ0) is 10.7. The van der Waals surface area contributed by atoms with E-state index in [2.05, 4.69) is 6.07 Å². The highest BCUT2D eigenvalue weighted by Crippen LogP contribution is 2.36. The molecule has 2 aliphatic rings. The van der Waals surface area contributed by atoms with E-state index < -0.39 is 5.54 Å². The lowest BCUT2D eigenvalue weighted by atomic mass is 9.88. The van der Waals surface area contributed by atoms with Gasteiger partial charge in [-0.2, -0.15) is 17.0 Å². The molecule has 1 saturated heterocycles. The Morgan fingerprint density at radius 1 is 1.53 bits per heavy atom. The summed E-state index contributed by atoms with van der Waals surface area (Å²) in [4.78, 5) is 0. The molecule has 0 spiro atoms. The standard InChI is InChI=1S/C11H18N2OS/c12-8-11(13)4-1-2-9(11)3-5-15-10-6-14-7-10/h9-10H,1-7,13H2. The van der Waals surface area contributed by atoms with E-state index in [0.29, 0.717) is 11.2 Å². The largest absolute Gasteiger partial charge is 0.379 e. The fourth-order valence-corrected chi connectivity index (χ4v) is 3.48. The van der Waals surface area contributed by atoms with Crippen molar-refractivity contribution < 1.29 is 4.74 Å². The minimum absolute atomic E-state index is 0.413. The first-order valence-electron chi connectivity index (χ1n) is 5.64. The van der Waals surface area contributed by atoms with E-state index >= 15 is 0 Å². The fraction of sp³-hybridized carbons (Fsp3) is 0.909. The van der Waals surface area contributed by atoms with Crippen LogP contribution >= 0.6 is 11.8 Å². The van der Waals surface area contributed by atoms with Crippen molar-refractivity contribution >= 4 is 11.8 Å². The van der Waals surface area contributed by atoms with Gasteiger partial charge in [-0.05, 0) is 30.9 Å². The number of thioether (sulfide) groups is 1. The first-order chi connectivity index (χ1) is 7.24. The normalized spacial score (nSPS) is 36.1. The van der Waals surface area contributed by atoms with Gasteiger partial charge in [0, 0.05) is 0 Å². The lowest BCUT2D eigenvalue weighted by Crippen LogP contribution is -2.42. The SMILES string of the molecule is N#CC1(N)CCCC1CCSC1COC1. The Hall–Kier alpha value is -0.240. The highest BCUT2D eigenvalue weighted by molar-refractivity contribution is 8.00. The Bertz CT molecular complexity index is 262. The van der Waals surface area contributed by atoms with Crippen LogP contribution in [-0.4, -0.2) is 29.8 Å². The van der Waals surface area contributed by atoms with Crippen LogP contribution < -0.4 is 5.73 Å². The van der Waals surface area contributed by atoms with Gasteiger partial charge in [-0.15, -0.1) is 0 Å². The van der Waals surface area contributed by atoms with Crippen molar-refractivity contribution in [3.05, 3.63) is 0 Å². The number of nitrogens with zero attached hydrogens (tertiary/aromatic N) is 1. The third kappa shape index (κ3) is 2.47. The molecular weight excluding hydrogens is 208 g/mol. The number of ether oxygens (including phenoxy) is 1. The summed E-state index contributed by atoms with van der Waals surface area (Å²) in [5.74, 6) is 1.54. The molecule has 1 saturated carbocycles. The molecule has 2 atom stereocenters. The minimum atomic E-state index is -0.531. The first kappa shape index (κ1) is 11.3. The van der Waals surface area contributed by atoms with Crippen LogP contribution in [0.25, 0.3) is 0 Å². The summed E-state index contributed by atoms with van der Waals surface area (Å²) in [5, 5.41) is 9.75. The Morgan fingerprint density at radius 2 is 2.33 bits per heavy atom. The Labute approximate surface area is 95.3 Å². The molecule has 84 valence electrons. The number of hydrogen-bond acceptors (Lipinski definition) is 4. The highest BCUT2D eigenvalue weighted by atomic mass is 32.2. The van der Waals surface area contributed by atoms with Crippen LogP contribution in [-0.2, 0) is 4.74 Å². The number of nitrogens with two attached hydrogens (primary N) is 1. The highest BCUT2D eigenvalue weighted by Gasteiger charge is 2.39. The van der Waals surface area contributed by atoms with E-state index in [1.165, 1.54) is 0 Å². The smallest absolute Gasteiger partial charge is 0.107 e. The van der Waals surface area contributed by atoms with Gasteiger partial charge in [0.2, 0.25) is 0 Å². The second-order valence-corrected chi connectivity index (χ2v) is 5.97. The maximum Gasteiger partial charge on any atom is 0.107 e. The van der Waals surface area contributed by atoms with Gasteiger partial charge in [0.1, 0.15) is 5.54 Å². The topological polar surface area (TPSA) is 59.0 Å². The van der Waals surface area contributed by atoms with Gasteiger partial charge in [-0.1, -0.05) is 6.42 Å². The lowest BCUT2D eigenvalue weighted by Gasteiger charge is -2.27. The number of nitriles is 1. The van der Waals surface area contributed by atoms with E-state index in [1.807, 2.05) is 11.8 Å². The lowest BCUT2D eigenvalue weighted by molar-refractivity contribution is 0.0455. The van der Waals surface area contributed by atoms with Crippen molar-refractivity contribution in [2.45, 2.75) is 36.5 Å². The van der Waals surface area contributed by atoms with Crippen LogP contribution in [0, 0.1) is 17.2 Å². The molecule has 0 aromatic heterocycles. The zero-order valence-electron chi connectivity index (χ0n) is 8.95. The number of rotatable bonds is 4. The summed E-state index contributed by atoms with van der Waals surface area (Å²) in [6.45, 7) is 1.81. The molecule has 1 aliphatic heterocycles. The van der Waals surface area contributed by atoms with Gasteiger partial charge in [0.05, 0.1) is 24.5 Å². The van der Waals surface area contributed by atoms with E-state index in [4.69, 9.17) is 15.7 Å². The summed E-state index contributed by atoms with van der Waals surface area (Å²) in [6, 6.07) is 2.30. The van der Waals surface area contributed by atoms with Crippen LogP contribution in [0.3, 0.4) is 0 Å². The average Bonchev–Trinajstić information content (AvgIpc) is 2.53. The van der Waals surface area contributed by atoms with Crippen LogP contribution in [0.2, 0.25) is 0 Å². The van der Waals surface area contributed by atoms with Crippen molar-refractivity contribution in [1.82, 2.24) is 0 Å². The molecule has 2 rings (SSSR count). The van der Waals surface area contributed by atoms with E-state index in [-0.39, 0.29) is 0 Å². The monoisotopic (exact) mass is 226 g/mol. The molecule has 0 aromatic carbocycles. The molecular formula is C11H18N2OS. The van der Waals surface area contributed by atoms with Gasteiger partial charge in [0.15, 0.2) is 0 Å². The van der Waals surface area contributed by atoms with Gasteiger partial charge in [0.25, 0.3) is 0 Å². The number of hydrogen-bond donors (Lipinski definition) is 1. The molecule has 2 fully saturated rings. The molecule has 1 aliphatic carbocycles. The van der Waals surface area contributed by atoms with Gasteiger partial charge in [-0.25, -0.2) is 0 Å². The third-order valence-electron chi connectivity index (χ3n) is 3.51. The van der Waals surface area contributed by atoms with E-state index in [9.17, 15) is 0 Å². The van der Waals surface area contributed by atoms with E-state index in [1.54, 1.807) is 0 Å². The Kier molecular flexibility index (Phi) is 3.55. The Balaban J connectivity index is 1.71. The fourth-order valence-electron chi connectivity index (χ4n) is 2.34. The predicted molar refractivity (Wildman–Crippen MR) is 61.6 cm³/mol. The molecule has 0 amide bonds. The van der Waals surface area contributed by atoms with Gasteiger partial charge < -0.3 is 10.5 Å². The average molecular weight is 226 g/mol. The molecule has 0 radical (unpaired) electrons. The first-order valence-corrected chi connectivity index (χ1v) is 6.69. The molecule has 2 N–H and O–H groups in total. The zero-order valence-corrected chi connectivity index (χ0v) is 9.76. The second-order valence-electron chi connectivity index (χ2n) is 4.56. The third-order valence-corrected chi connectivity index (χ3v) is 4.72. The minimum Gasteiger partial charge on any atom is -0.379 e.